The number of hydrogen-bond acceptors (Lipinski definition) is 5. The van der Waals surface area contributed by atoms with Crippen LogP contribution >= 0.6 is 0 Å². The second kappa shape index (κ2) is 8.21. The second-order valence-electron chi connectivity index (χ2n) is 4.40. The number of carbonyl (C=O) groups is 1. The predicted molar refractivity (Wildman–Crippen MR) is 79.8 cm³/mol. The van der Waals surface area contributed by atoms with Crippen LogP contribution in [0.4, 0.5) is 5.69 Å². The summed E-state index contributed by atoms with van der Waals surface area (Å²) in [6.07, 6.45) is 0. The number of nitrogens with one attached hydrogen (secondary N) is 1. The minimum Gasteiger partial charge on any atom is -0.490 e. The highest BCUT2D eigenvalue weighted by Crippen LogP contribution is 2.30. The molecule has 7 heteroatoms. The minimum absolute atomic E-state index is 0.0129. The number of nitro groups is 1. The zero-order chi connectivity index (χ0) is 15.8. The van der Waals surface area contributed by atoms with Gasteiger partial charge in [-0.2, -0.15) is 0 Å². The van der Waals surface area contributed by atoms with E-state index in [-0.39, 0.29) is 17.0 Å². The van der Waals surface area contributed by atoms with Crippen LogP contribution in [0.5, 0.6) is 5.75 Å². The van der Waals surface area contributed by atoms with Gasteiger partial charge in [0.05, 0.1) is 12.0 Å². The Morgan fingerprint density at radius 3 is 2.57 bits per heavy atom. The van der Waals surface area contributed by atoms with Gasteiger partial charge in [-0.1, -0.05) is 19.9 Å². The maximum atomic E-state index is 12.1. The van der Waals surface area contributed by atoms with Crippen molar-refractivity contribution in [2.24, 2.45) is 0 Å². The van der Waals surface area contributed by atoms with Gasteiger partial charge in [0.15, 0.2) is 5.75 Å². The van der Waals surface area contributed by atoms with E-state index in [1.807, 2.05) is 13.8 Å². The van der Waals surface area contributed by atoms with Crippen molar-refractivity contribution >= 4 is 11.6 Å². The fraction of sp³-hybridized carbons (Fsp3) is 0.500. The van der Waals surface area contributed by atoms with Crippen molar-refractivity contribution in [2.75, 3.05) is 33.3 Å². The van der Waals surface area contributed by atoms with Crippen LogP contribution in [0.25, 0.3) is 0 Å². The molecule has 1 rings (SSSR count). The van der Waals surface area contributed by atoms with E-state index >= 15 is 0 Å². The maximum absolute atomic E-state index is 12.1. The molecular formula is C14H21N3O4. The van der Waals surface area contributed by atoms with E-state index in [0.29, 0.717) is 13.1 Å². The van der Waals surface area contributed by atoms with E-state index < -0.39 is 10.8 Å². The van der Waals surface area contributed by atoms with Gasteiger partial charge in [-0.3, -0.25) is 14.9 Å². The van der Waals surface area contributed by atoms with Crippen molar-refractivity contribution in [1.29, 1.82) is 0 Å². The lowest BCUT2D eigenvalue weighted by molar-refractivity contribution is -0.386. The molecule has 0 spiro atoms. The molecule has 0 unspecified atom stereocenters. The molecule has 0 aliphatic carbocycles. The van der Waals surface area contributed by atoms with Crippen LogP contribution in [0, 0.1) is 10.1 Å². The molecule has 0 aliphatic rings. The van der Waals surface area contributed by atoms with E-state index in [0.717, 1.165) is 13.1 Å². The van der Waals surface area contributed by atoms with E-state index in [9.17, 15) is 14.9 Å². The van der Waals surface area contributed by atoms with E-state index in [2.05, 4.69) is 10.2 Å². The van der Waals surface area contributed by atoms with Crippen LogP contribution in [0.15, 0.2) is 18.2 Å². The molecule has 0 aromatic heterocycles. The summed E-state index contributed by atoms with van der Waals surface area (Å²) in [5.74, 6) is -0.385. The van der Waals surface area contributed by atoms with Crippen molar-refractivity contribution in [1.82, 2.24) is 10.2 Å². The number of likely N-dealkylation sites (N-methyl/N-ethyl adjacent to an activating group) is 1. The molecule has 1 N–H and O–H groups in total. The topological polar surface area (TPSA) is 84.7 Å². The summed E-state index contributed by atoms with van der Waals surface area (Å²) < 4.78 is 4.95. The van der Waals surface area contributed by atoms with Gasteiger partial charge in [-0.15, -0.1) is 0 Å². The average Bonchev–Trinajstić information content (AvgIpc) is 2.50. The second-order valence-corrected chi connectivity index (χ2v) is 4.40. The van der Waals surface area contributed by atoms with Gasteiger partial charge < -0.3 is 15.0 Å². The normalized spacial score (nSPS) is 10.5. The number of para-hydroxylation sites is 1. The molecule has 116 valence electrons. The lowest BCUT2D eigenvalue weighted by Gasteiger charge is -2.18. The number of ether oxygens (including phenoxy) is 1. The Bertz CT molecular complexity index is 501. The molecule has 1 amide bonds. The molecule has 1 aromatic carbocycles. The largest absolute Gasteiger partial charge is 0.490 e. The van der Waals surface area contributed by atoms with Crippen molar-refractivity contribution in [2.45, 2.75) is 13.8 Å². The summed E-state index contributed by atoms with van der Waals surface area (Å²) in [6, 6.07) is 4.45. The average molecular weight is 295 g/mol. The summed E-state index contributed by atoms with van der Waals surface area (Å²) in [7, 11) is 1.34. The van der Waals surface area contributed by atoms with E-state index in [4.69, 9.17) is 4.74 Å². The standard InChI is InChI=1S/C14H21N3O4/c1-4-16(5-2)10-9-15-14(18)11-7-6-8-12(21-3)13(11)17(19)20/h6-8H,4-5,9-10H2,1-3H3,(H,15,18). The Kier molecular flexibility index (Phi) is 6.61. The van der Waals surface area contributed by atoms with E-state index in [1.54, 1.807) is 6.07 Å². The molecule has 0 atom stereocenters. The molecule has 1 aromatic rings. The Morgan fingerprint density at radius 1 is 1.38 bits per heavy atom. The molecule has 7 nitrogen and oxygen atoms in total. The molecule has 0 heterocycles. The van der Waals surface area contributed by atoms with Gasteiger partial charge in [-0.25, -0.2) is 0 Å². The number of carbonyl (C=O) groups excluding carboxylic acids is 1. The number of nitro benzene ring substituents is 1. The first kappa shape index (κ1) is 16.9. The van der Waals surface area contributed by atoms with Crippen LogP contribution in [0.3, 0.4) is 0 Å². The highest BCUT2D eigenvalue weighted by molar-refractivity contribution is 5.99. The fourth-order valence-corrected chi connectivity index (χ4v) is 2.02. The van der Waals surface area contributed by atoms with Gasteiger partial charge in [0.1, 0.15) is 5.56 Å². The number of benzene rings is 1. The highest BCUT2D eigenvalue weighted by atomic mass is 16.6. The van der Waals surface area contributed by atoms with Crippen LogP contribution in [0.1, 0.15) is 24.2 Å². The Labute approximate surface area is 124 Å². The van der Waals surface area contributed by atoms with Crippen LogP contribution in [-0.2, 0) is 0 Å². The third-order valence-electron chi connectivity index (χ3n) is 3.25. The summed E-state index contributed by atoms with van der Waals surface area (Å²) in [5.41, 5.74) is -0.292. The molecule has 21 heavy (non-hydrogen) atoms. The van der Waals surface area contributed by atoms with Gasteiger partial charge in [0, 0.05) is 13.1 Å². The van der Waals surface area contributed by atoms with Crippen molar-refractivity contribution in [3.63, 3.8) is 0 Å². The summed E-state index contributed by atoms with van der Waals surface area (Å²) >= 11 is 0. The third kappa shape index (κ3) is 4.42. The first-order valence-corrected chi connectivity index (χ1v) is 6.87. The van der Waals surface area contributed by atoms with Gasteiger partial charge in [-0.05, 0) is 25.2 Å². The number of hydrogen-bond donors (Lipinski definition) is 1. The SMILES string of the molecule is CCN(CC)CCNC(=O)c1cccc(OC)c1[N+](=O)[O-]. The number of amides is 1. The smallest absolute Gasteiger partial charge is 0.323 e. The van der Waals surface area contributed by atoms with Crippen LogP contribution in [0.2, 0.25) is 0 Å². The molecule has 0 aliphatic heterocycles. The fourth-order valence-electron chi connectivity index (χ4n) is 2.02. The number of rotatable bonds is 8. The summed E-state index contributed by atoms with van der Waals surface area (Å²) in [5, 5.41) is 13.8. The van der Waals surface area contributed by atoms with Gasteiger partial charge >= 0.3 is 5.69 Å². The zero-order valence-electron chi connectivity index (χ0n) is 12.6. The molecule has 0 fully saturated rings. The Balaban J connectivity index is 2.81. The van der Waals surface area contributed by atoms with Gasteiger partial charge in [0.25, 0.3) is 5.91 Å². The monoisotopic (exact) mass is 295 g/mol. The molecular weight excluding hydrogens is 274 g/mol. The minimum atomic E-state index is -0.599. The molecule has 0 saturated carbocycles. The zero-order valence-corrected chi connectivity index (χ0v) is 12.6. The first-order chi connectivity index (χ1) is 10.0. The Morgan fingerprint density at radius 2 is 2.05 bits per heavy atom. The first-order valence-electron chi connectivity index (χ1n) is 6.87. The van der Waals surface area contributed by atoms with Crippen molar-refractivity contribution < 1.29 is 14.5 Å². The lowest BCUT2D eigenvalue weighted by atomic mass is 10.1. The molecule has 0 radical (unpaired) electrons. The van der Waals surface area contributed by atoms with E-state index in [1.165, 1.54) is 19.2 Å². The molecule has 0 bridgehead atoms. The van der Waals surface area contributed by atoms with Crippen LogP contribution < -0.4 is 10.1 Å². The maximum Gasteiger partial charge on any atom is 0.323 e. The number of methoxy groups -OCH3 is 1. The van der Waals surface area contributed by atoms with Gasteiger partial charge in [0.2, 0.25) is 0 Å². The predicted octanol–water partition coefficient (Wildman–Crippen LogP) is 1.67. The lowest BCUT2D eigenvalue weighted by Crippen LogP contribution is -2.35. The third-order valence-corrected chi connectivity index (χ3v) is 3.25. The van der Waals surface area contributed by atoms with Crippen LogP contribution in [-0.4, -0.2) is 49.0 Å². The van der Waals surface area contributed by atoms with Crippen molar-refractivity contribution in [3.05, 3.63) is 33.9 Å². The highest BCUT2D eigenvalue weighted by Gasteiger charge is 2.24. The van der Waals surface area contributed by atoms with Crippen molar-refractivity contribution in [3.8, 4) is 5.75 Å². The summed E-state index contributed by atoms with van der Waals surface area (Å²) in [4.78, 5) is 24.8. The number of nitrogens with zero attached hydrogens (tertiary/aromatic N) is 2. The molecule has 0 saturated heterocycles. The Hall–Kier alpha value is -2.15. The summed E-state index contributed by atoms with van der Waals surface area (Å²) in [6.45, 7) is 7.01. The quantitative estimate of drug-likeness (QED) is 0.582.